The fraction of sp³-hybridized carbons (Fsp3) is 1.00. The van der Waals surface area contributed by atoms with Crippen molar-refractivity contribution in [3.8, 4) is 0 Å². The van der Waals surface area contributed by atoms with E-state index in [4.69, 9.17) is 4.74 Å². The third kappa shape index (κ3) is 3.70. The number of nitrogens with one attached hydrogen (secondary N) is 2. The van der Waals surface area contributed by atoms with Gasteiger partial charge in [-0.15, -0.1) is 0 Å². The van der Waals surface area contributed by atoms with Crippen LogP contribution in [-0.2, 0) is 4.74 Å². The molecule has 0 radical (unpaired) electrons. The van der Waals surface area contributed by atoms with Crippen LogP contribution in [0.1, 0.15) is 32.1 Å². The number of rotatable bonds is 4. The van der Waals surface area contributed by atoms with Crippen molar-refractivity contribution in [3.63, 3.8) is 0 Å². The molecule has 0 bridgehead atoms. The highest BCUT2D eigenvalue weighted by molar-refractivity contribution is 4.86. The van der Waals surface area contributed by atoms with Gasteiger partial charge in [0.05, 0.1) is 11.7 Å². The second-order valence-electron chi connectivity index (χ2n) is 5.09. The molecule has 4 nitrogen and oxygen atoms in total. The minimum Gasteiger partial charge on any atom is -0.388 e. The first-order chi connectivity index (χ1) is 7.79. The van der Waals surface area contributed by atoms with Gasteiger partial charge in [0.25, 0.3) is 0 Å². The van der Waals surface area contributed by atoms with Crippen molar-refractivity contribution in [2.75, 3.05) is 32.8 Å². The van der Waals surface area contributed by atoms with E-state index in [2.05, 4.69) is 10.6 Å². The van der Waals surface area contributed by atoms with Gasteiger partial charge >= 0.3 is 0 Å². The molecule has 2 saturated heterocycles. The van der Waals surface area contributed by atoms with Gasteiger partial charge in [-0.2, -0.15) is 0 Å². The summed E-state index contributed by atoms with van der Waals surface area (Å²) in [5, 5.41) is 16.9. The Morgan fingerprint density at radius 1 is 1.31 bits per heavy atom. The average Bonchev–Trinajstić information content (AvgIpc) is 2.31. The normalized spacial score (nSPS) is 30.2. The number of ether oxygens (including phenoxy) is 1. The largest absolute Gasteiger partial charge is 0.388 e. The van der Waals surface area contributed by atoms with Gasteiger partial charge < -0.3 is 20.5 Å². The number of piperidine rings is 1. The summed E-state index contributed by atoms with van der Waals surface area (Å²) >= 11 is 0. The van der Waals surface area contributed by atoms with E-state index in [1.807, 2.05) is 0 Å². The Bertz CT molecular complexity index is 199. The van der Waals surface area contributed by atoms with Crippen molar-refractivity contribution in [2.24, 2.45) is 0 Å². The topological polar surface area (TPSA) is 53.5 Å². The second-order valence-corrected chi connectivity index (χ2v) is 5.09. The van der Waals surface area contributed by atoms with Crippen molar-refractivity contribution in [2.45, 2.75) is 43.8 Å². The van der Waals surface area contributed by atoms with Crippen LogP contribution in [0.2, 0.25) is 0 Å². The molecule has 0 saturated carbocycles. The van der Waals surface area contributed by atoms with Gasteiger partial charge in [-0.25, -0.2) is 0 Å². The Balaban J connectivity index is 1.62. The molecule has 0 aliphatic carbocycles. The van der Waals surface area contributed by atoms with E-state index >= 15 is 0 Å². The van der Waals surface area contributed by atoms with Crippen molar-refractivity contribution < 1.29 is 9.84 Å². The molecule has 0 amide bonds. The van der Waals surface area contributed by atoms with Gasteiger partial charge in [0.1, 0.15) is 0 Å². The first-order valence-corrected chi connectivity index (χ1v) is 6.54. The Morgan fingerprint density at radius 2 is 2.12 bits per heavy atom. The van der Waals surface area contributed by atoms with E-state index < -0.39 is 5.60 Å². The maximum absolute atomic E-state index is 10.3. The van der Waals surface area contributed by atoms with Crippen LogP contribution in [0.25, 0.3) is 0 Å². The lowest BCUT2D eigenvalue weighted by Gasteiger charge is -2.33. The first kappa shape index (κ1) is 12.3. The average molecular weight is 228 g/mol. The Kier molecular flexibility index (Phi) is 4.58. The minimum absolute atomic E-state index is 0.360. The lowest BCUT2D eigenvalue weighted by atomic mass is 9.92. The van der Waals surface area contributed by atoms with Crippen molar-refractivity contribution in [3.05, 3.63) is 0 Å². The molecule has 94 valence electrons. The molecule has 0 aromatic carbocycles. The van der Waals surface area contributed by atoms with Gasteiger partial charge in [0.15, 0.2) is 0 Å². The molecule has 2 rings (SSSR count). The summed E-state index contributed by atoms with van der Waals surface area (Å²) in [6.07, 6.45) is 5.70. The number of hydrogen-bond acceptors (Lipinski definition) is 4. The molecule has 2 fully saturated rings. The first-order valence-electron chi connectivity index (χ1n) is 6.54. The zero-order valence-electron chi connectivity index (χ0n) is 10.0. The van der Waals surface area contributed by atoms with Gasteiger partial charge in [-0.1, -0.05) is 0 Å². The quantitative estimate of drug-likeness (QED) is 0.646. The van der Waals surface area contributed by atoms with Gasteiger partial charge in [-0.3, -0.25) is 0 Å². The molecule has 2 aliphatic rings. The molecule has 4 heteroatoms. The van der Waals surface area contributed by atoms with E-state index in [0.29, 0.717) is 12.6 Å². The highest BCUT2D eigenvalue weighted by Crippen LogP contribution is 2.17. The van der Waals surface area contributed by atoms with Crippen LogP contribution in [0.4, 0.5) is 0 Å². The molecule has 0 aromatic heterocycles. The van der Waals surface area contributed by atoms with Crippen molar-refractivity contribution in [1.82, 2.24) is 10.6 Å². The molecule has 2 heterocycles. The minimum atomic E-state index is -0.500. The Labute approximate surface area is 97.7 Å². The molecule has 16 heavy (non-hydrogen) atoms. The second kappa shape index (κ2) is 5.96. The zero-order valence-corrected chi connectivity index (χ0v) is 10.0. The summed E-state index contributed by atoms with van der Waals surface area (Å²) in [7, 11) is 0. The lowest BCUT2D eigenvalue weighted by molar-refractivity contribution is -0.00541. The summed E-state index contributed by atoms with van der Waals surface area (Å²) in [5.74, 6) is 0. The van der Waals surface area contributed by atoms with E-state index in [9.17, 15) is 5.11 Å². The summed E-state index contributed by atoms with van der Waals surface area (Å²) in [5.41, 5.74) is -0.500. The molecule has 3 N–H and O–H groups in total. The monoisotopic (exact) mass is 228 g/mol. The Morgan fingerprint density at radius 3 is 2.81 bits per heavy atom. The zero-order chi connectivity index (χ0) is 11.3. The SMILES string of the molecule is OC1(CNCC2CCCCO2)CCNCC1. The predicted molar refractivity (Wildman–Crippen MR) is 63.5 cm³/mol. The molecule has 1 atom stereocenters. The number of aliphatic hydroxyl groups is 1. The van der Waals surface area contributed by atoms with E-state index in [-0.39, 0.29) is 0 Å². The third-order valence-corrected chi connectivity index (χ3v) is 3.63. The molecule has 0 spiro atoms. The van der Waals surface area contributed by atoms with Crippen LogP contribution < -0.4 is 10.6 Å². The maximum Gasteiger partial charge on any atom is 0.0795 e. The maximum atomic E-state index is 10.3. The standard InChI is InChI=1S/C12H24N2O2/c15-12(4-6-13-7-5-12)10-14-9-11-3-1-2-8-16-11/h11,13-15H,1-10H2. The van der Waals surface area contributed by atoms with Gasteiger partial charge in [-0.05, 0) is 45.2 Å². The van der Waals surface area contributed by atoms with Crippen molar-refractivity contribution >= 4 is 0 Å². The summed E-state index contributed by atoms with van der Waals surface area (Å²) in [6, 6.07) is 0. The van der Waals surface area contributed by atoms with Crippen LogP contribution in [0.5, 0.6) is 0 Å². The summed E-state index contributed by atoms with van der Waals surface area (Å²) < 4.78 is 5.64. The molecule has 2 aliphatic heterocycles. The van der Waals surface area contributed by atoms with Crippen LogP contribution in [0, 0.1) is 0 Å². The lowest BCUT2D eigenvalue weighted by Crippen LogP contribution is -2.49. The highest BCUT2D eigenvalue weighted by Gasteiger charge is 2.28. The van der Waals surface area contributed by atoms with Crippen LogP contribution >= 0.6 is 0 Å². The summed E-state index contributed by atoms with van der Waals surface area (Å²) in [4.78, 5) is 0. The van der Waals surface area contributed by atoms with Crippen LogP contribution in [-0.4, -0.2) is 49.6 Å². The van der Waals surface area contributed by atoms with Crippen LogP contribution in [0.15, 0.2) is 0 Å². The Hall–Kier alpha value is -0.160. The van der Waals surface area contributed by atoms with Crippen molar-refractivity contribution in [1.29, 1.82) is 0 Å². The van der Waals surface area contributed by atoms with Gasteiger partial charge in [0.2, 0.25) is 0 Å². The third-order valence-electron chi connectivity index (χ3n) is 3.63. The fourth-order valence-corrected chi connectivity index (χ4v) is 2.50. The molecule has 0 aromatic rings. The highest BCUT2D eigenvalue weighted by atomic mass is 16.5. The summed E-state index contributed by atoms with van der Waals surface area (Å²) in [6.45, 7) is 4.35. The fourth-order valence-electron chi connectivity index (χ4n) is 2.50. The smallest absolute Gasteiger partial charge is 0.0795 e. The predicted octanol–water partition coefficient (Wildman–Crippen LogP) is 0.260. The number of hydrogen-bond donors (Lipinski definition) is 3. The molecular formula is C12H24N2O2. The van der Waals surface area contributed by atoms with E-state index in [0.717, 1.165) is 45.5 Å². The van der Waals surface area contributed by atoms with Crippen LogP contribution in [0.3, 0.4) is 0 Å². The van der Waals surface area contributed by atoms with Gasteiger partial charge in [0, 0.05) is 19.7 Å². The molecular weight excluding hydrogens is 204 g/mol. The molecule has 1 unspecified atom stereocenters. The van der Waals surface area contributed by atoms with E-state index in [1.165, 1.54) is 12.8 Å². The van der Waals surface area contributed by atoms with E-state index in [1.54, 1.807) is 0 Å².